The molecule has 20 heavy (non-hydrogen) atoms. The third-order valence-electron chi connectivity index (χ3n) is 2.67. The molecule has 1 N–H and O–H groups in total. The van der Waals surface area contributed by atoms with Crippen LogP contribution in [0, 0.1) is 19.7 Å². The van der Waals surface area contributed by atoms with Gasteiger partial charge in [-0.3, -0.25) is 4.99 Å². The summed E-state index contributed by atoms with van der Waals surface area (Å²) in [5, 5.41) is 9.88. The number of phenols is 1. The Labute approximate surface area is 119 Å². The fourth-order valence-corrected chi connectivity index (χ4v) is 1.79. The first kappa shape index (κ1) is 15.9. The molecule has 0 saturated heterocycles. The predicted molar refractivity (Wildman–Crippen MR) is 82.6 cm³/mol. The van der Waals surface area contributed by atoms with Gasteiger partial charge in [-0.15, -0.1) is 0 Å². The minimum atomic E-state index is -0.377. The van der Waals surface area contributed by atoms with Gasteiger partial charge in [-0.05, 0) is 43.2 Å². The summed E-state index contributed by atoms with van der Waals surface area (Å²) in [4.78, 5) is 4.06. The van der Waals surface area contributed by atoms with Crippen molar-refractivity contribution in [2.24, 2.45) is 4.99 Å². The van der Waals surface area contributed by atoms with Crippen molar-refractivity contribution < 1.29 is 9.50 Å². The van der Waals surface area contributed by atoms with Gasteiger partial charge >= 0.3 is 0 Å². The highest BCUT2D eigenvalue weighted by Crippen LogP contribution is 2.23. The summed E-state index contributed by atoms with van der Waals surface area (Å²) in [5.74, 6) is -0.196. The molecule has 0 radical (unpaired) electrons. The maximum absolute atomic E-state index is 13.4. The molecule has 0 aliphatic carbocycles. The number of aliphatic imine (C=N–C) groups is 1. The molecule has 2 rings (SSSR count). The Morgan fingerprint density at radius 3 is 2.40 bits per heavy atom. The molecule has 0 bridgehead atoms. The fourth-order valence-electron chi connectivity index (χ4n) is 1.79. The first-order valence-electron chi connectivity index (χ1n) is 6.67. The van der Waals surface area contributed by atoms with Crippen molar-refractivity contribution >= 4 is 11.9 Å². The summed E-state index contributed by atoms with van der Waals surface area (Å²) in [7, 11) is 0. The summed E-state index contributed by atoms with van der Waals surface area (Å²) in [6.45, 7) is 7.76. The van der Waals surface area contributed by atoms with Gasteiger partial charge < -0.3 is 5.11 Å². The molecule has 0 aliphatic heterocycles. The van der Waals surface area contributed by atoms with Gasteiger partial charge in [0.15, 0.2) is 0 Å². The van der Waals surface area contributed by atoms with Crippen molar-refractivity contribution in [3.05, 3.63) is 58.9 Å². The number of aryl methyl sites for hydroxylation is 2. The molecule has 2 aromatic rings. The lowest BCUT2D eigenvalue weighted by molar-refractivity contribution is 0.470. The first-order valence-corrected chi connectivity index (χ1v) is 6.67. The molecular formula is C17H20FNO. The number of hydrogen-bond donors (Lipinski definition) is 1. The van der Waals surface area contributed by atoms with E-state index in [0.29, 0.717) is 5.56 Å². The SMILES string of the molecule is CC.Cc1cc(C)c(O)c(C=Nc2ccccc2F)c1. The van der Waals surface area contributed by atoms with Gasteiger partial charge in [0.25, 0.3) is 0 Å². The van der Waals surface area contributed by atoms with Gasteiger partial charge in [0.05, 0.1) is 5.69 Å². The number of benzene rings is 2. The minimum Gasteiger partial charge on any atom is -0.507 e. The lowest BCUT2D eigenvalue weighted by atomic mass is 10.1. The third-order valence-corrected chi connectivity index (χ3v) is 2.67. The van der Waals surface area contributed by atoms with Gasteiger partial charge in [0.1, 0.15) is 11.6 Å². The summed E-state index contributed by atoms with van der Waals surface area (Å²) >= 11 is 0. The lowest BCUT2D eigenvalue weighted by Gasteiger charge is -2.04. The molecule has 106 valence electrons. The average molecular weight is 273 g/mol. The maximum Gasteiger partial charge on any atom is 0.148 e. The molecule has 0 aromatic heterocycles. The highest BCUT2D eigenvalue weighted by molar-refractivity contribution is 5.86. The summed E-state index contributed by atoms with van der Waals surface area (Å²) in [6, 6.07) is 9.97. The largest absolute Gasteiger partial charge is 0.507 e. The standard InChI is InChI=1S/C15H14FNO.C2H6/c1-10-7-11(2)15(18)12(8-10)9-17-14-6-4-3-5-13(14)16;1-2/h3-9,18H,1-2H3;1-2H3. The molecule has 0 saturated carbocycles. The van der Waals surface area contributed by atoms with Gasteiger partial charge in [-0.1, -0.05) is 32.0 Å². The first-order chi connectivity index (χ1) is 9.58. The second kappa shape index (κ2) is 7.43. The zero-order valence-corrected chi connectivity index (χ0v) is 12.3. The van der Waals surface area contributed by atoms with Gasteiger partial charge in [0.2, 0.25) is 0 Å². The van der Waals surface area contributed by atoms with Crippen molar-refractivity contribution in [1.29, 1.82) is 0 Å². The quantitative estimate of drug-likeness (QED) is 0.773. The lowest BCUT2D eigenvalue weighted by Crippen LogP contribution is -1.88. The molecule has 0 fully saturated rings. The van der Waals surface area contributed by atoms with Crippen LogP contribution in [0.15, 0.2) is 41.4 Å². The van der Waals surface area contributed by atoms with E-state index in [1.807, 2.05) is 39.8 Å². The number of halogens is 1. The molecule has 2 aromatic carbocycles. The molecule has 0 amide bonds. The molecule has 0 aliphatic rings. The molecule has 0 atom stereocenters. The van der Waals surface area contributed by atoms with Crippen LogP contribution in [0.1, 0.15) is 30.5 Å². The van der Waals surface area contributed by atoms with Crippen molar-refractivity contribution in [3.63, 3.8) is 0 Å². The van der Waals surface area contributed by atoms with E-state index in [1.165, 1.54) is 12.3 Å². The molecule has 0 unspecified atom stereocenters. The van der Waals surface area contributed by atoms with Crippen LogP contribution >= 0.6 is 0 Å². The molecular weight excluding hydrogens is 253 g/mol. The summed E-state index contributed by atoms with van der Waals surface area (Å²) in [6.07, 6.45) is 1.48. The monoisotopic (exact) mass is 273 g/mol. The second-order valence-electron chi connectivity index (χ2n) is 4.23. The van der Waals surface area contributed by atoms with Crippen molar-refractivity contribution in [2.75, 3.05) is 0 Å². The van der Waals surface area contributed by atoms with Gasteiger partial charge in [0, 0.05) is 11.8 Å². The number of para-hydroxylation sites is 1. The van der Waals surface area contributed by atoms with Crippen LogP contribution in [0.5, 0.6) is 5.75 Å². The van der Waals surface area contributed by atoms with E-state index in [-0.39, 0.29) is 17.3 Å². The zero-order valence-electron chi connectivity index (χ0n) is 12.3. The Morgan fingerprint density at radius 2 is 1.75 bits per heavy atom. The summed E-state index contributed by atoms with van der Waals surface area (Å²) < 4.78 is 13.4. The number of rotatable bonds is 2. The molecule has 2 nitrogen and oxygen atoms in total. The Kier molecular flexibility index (Phi) is 5.91. The van der Waals surface area contributed by atoms with E-state index in [0.717, 1.165) is 11.1 Å². The average Bonchev–Trinajstić information content (AvgIpc) is 2.45. The number of hydrogen-bond acceptors (Lipinski definition) is 2. The number of nitrogens with zero attached hydrogens (tertiary/aromatic N) is 1. The number of aromatic hydroxyl groups is 1. The Hall–Kier alpha value is -2.16. The van der Waals surface area contributed by atoms with Crippen LogP contribution in [-0.2, 0) is 0 Å². The highest BCUT2D eigenvalue weighted by Gasteiger charge is 2.04. The smallest absolute Gasteiger partial charge is 0.148 e. The maximum atomic E-state index is 13.4. The van der Waals surface area contributed by atoms with E-state index in [9.17, 15) is 9.50 Å². The molecule has 0 spiro atoms. The van der Waals surface area contributed by atoms with E-state index < -0.39 is 0 Å². The molecule has 3 heteroatoms. The normalized spacial score (nSPS) is 10.2. The summed E-state index contributed by atoms with van der Waals surface area (Å²) in [5.41, 5.74) is 2.66. The Balaban J connectivity index is 0.000000956. The topological polar surface area (TPSA) is 32.6 Å². The van der Waals surface area contributed by atoms with E-state index >= 15 is 0 Å². The van der Waals surface area contributed by atoms with Gasteiger partial charge in [-0.2, -0.15) is 0 Å². The van der Waals surface area contributed by atoms with Crippen LogP contribution in [0.25, 0.3) is 0 Å². The molecule has 0 heterocycles. The van der Waals surface area contributed by atoms with E-state index in [1.54, 1.807) is 18.2 Å². The second-order valence-corrected chi connectivity index (χ2v) is 4.23. The minimum absolute atomic E-state index is 0.181. The Morgan fingerprint density at radius 1 is 1.10 bits per heavy atom. The van der Waals surface area contributed by atoms with E-state index in [2.05, 4.69) is 4.99 Å². The van der Waals surface area contributed by atoms with Crippen LogP contribution < -0.4 is 0 Å². The van der Waals surface area contributed by atoms with Crippen molar-refractivity contribution in [2.45, 2.75) is 27.7 Å². The van der Waals surface area contributed by atoms with E-state index in [4.69, 9.17) is 0 Å². The van der Waals surface area contributed by atoms with Crippen LogP contribution in [0.3, 0.4) is 0 Å². The van der Waals surface area contributed by atoms with Crippen molar-refractivity contribution in [1.82, 2.24) is 0 Å². The van der Waals surface area contributed by atoms with Crippen LogP contribution in [0.4, 0.5) is 10.1 Å². The Bertz CT molecular complexity index is 606. The van der Waals surface area contributed by atoms with Crippen LogP contribution in [0.2, 0.25) is 0 Å². The van der Waals surface area contributed by atoms with Gasteiger partial charge in [-0.25, -0.2) is 4.39 Å². The number of phenolic OH excluding ortho intramolecular Hbond substituents is 1. The van der Waals surface area contributed by atoms with Crippen LogP contribution in [-0.4, -0.2) is 11.3 Å². The zero-order chi connectivity index (χ0) is 15.1. The third kappa shape index (κ3) is 3.92. The van der Waals surface area contributed by atoms with Crippen molar-refractivity contribution in [3.8, 4) is 5.75 Å². The fraction of sp³-hybridized carbons (Fsp3) is 0.235. The highest BCUT2D eigenvalue weighted by atomic mass is 19.1. The predicted octanol–water partition coefficient (Wildman–Crippen LogP) is 4.92.